The van der Waals surface area contributed by atoms with Crippen molar-refractivity contribution in [3.05, 3.63) is 24.3 Å². The van der Waals surface area contributed by atoms with Gasteiger partial charge in [0, 0.05) is 12.5 Å². The molecule has 2 heteroatoms. The van der Waals surface area contributed by atoms with E-state index in [9.17, 15) is 4.79 Å². The first-order valence-corrected chi connectivity index (χ1v) is 11.8. The quantitative estimate of drug-likeness (QED) is 0.233. The summed E-state index contributed by atoms with van der Waals surface area (Å²) in [6, 6.07) is 0.451. The maximum Gasteiger partial charge on any atom is 0.220 e. The molecule has 0 radical (unpaired) electrons. The number of hydrogen-bond acceptors (Lipinski definition) is 1. The van der Waals surface area contributed by atoms with Crippen molar-refractivity contribution < 1.29 is 4.79 Å². The average Bonchev–Trinajstić information content (AvgIpc) is 2.66. The summed E-state index contributed by atoms with van der Waals surface area (Å²) in [5, 5.41) is 3.24. The summed E-state index contributed by atoms with van der Waals surface area (Å²) < 4.78 is 0. The van der Waals surface area contributed by atoms with Gasteiger partial charge in [0.05, 0.1) is 0 Å². The molecule has 156 valence electrons. The molecule has 0 bridgehead atoms. The fourth-order valence-corrected chi connectivity index (χ4v) is 3.80. The van der Waals surface area contributed by atoms with E-state index in [-0.39, 0.29) is 5.91 Å². The summed E-state index contributed by atoms with van der Waals surface area (Å²) in [5.74, 6) is 1.13. The molecule has 2 nitrogen and oxygen atoms in total. The molecule has 1 fully saturated rings. The third-order valence-corrected chi connectivity index (χ3v) is 5.74. The predicted octanol–water partition coefficient (Wildman–Crippen LogP) is 7.49. The lowest BCUT2D eigenvalue weighted by Crippen LogP contribution is -2.37. The topological polar surface area (TPSA) is 29.1 Å². The molecule has 0 saturated heterocycles. The number of rotatable bonds is 15. The van der Waals surface area contributed by atoms with Gasteiger partial charge >= 0.3 is 0 Å². The van der Waals surface area contributed by atoms with Gasteiger partial charge in [0.2, 0.25) is 5.91 Å². The Morgan fingerprint density at radius 2 is 1.41 bits per heavy atom. The molecule has 0 atom stereocenters. The van der Waals surface area contributed by atoms with E-state index in [1.807, 2.05) is 0 Å². The average molecular weight is 376 g/mol. The van der Waals surface area contributed by atoms with Gasteiger partial charge in [-0.2, -0.15) is 0 Å². The van der Waals surface area contributed by atoms with Gasteiger partial charge < -0.3 is 5.32 Å². The molecule has 1 rings (SSSR count). The summed E-state index contributed by atoms with van der Waals surface area (Å²) in [7, 11) is 0. The van der Waals surface area contributed by atoms with Crippen LogP contribution in [0.3, 0.4) is 0 Å². The molecule has 1 amide bonds. The standard InChI is InChI=1S/C25H45NO/c1-3-4-5-6-7-8-9-10-11-12-13-14-15-16-17-18-25(27)26-24-21-19-23(2)20-22-24/h7-8,10-11,23-24H,3-6,9,12-22H2,1-2H3,(H,26,27)/b8-7-,11-10-. The molecule has 1 saturated carbocycles. The van der Waals surface area contributed by atoms with E-state index in [2.05, 4.69) is 43.5 Å². The lowest BCUT2D eigenvalue weighted by Gasteiger charge is -2.26. The van der Waals surface area contributed by atoms with Gasteiger partial charge in [-0.3, -0.25) is 4.79 Å². The van der Waals surface area contributed by atoms with Gasteiger partial charge in [-0.25, -0.2) is 0 Å². The molecule has 0 aromatic heterocycles. The number of carbonyl (C=O) groups excluding carboxylic acids is 1. The highest BCUT2D eigenvalue weighted by Gasteiger charge is 2.19. The Morgan fingerprint density at radius 1 is 0.815 bits per heavy atom. The molecule has 0 aromatic carbocycles. The van der Waals surface area contributed by atoms with Crippen LogP contribution in [0.25, 0.3) is 0 Å². The van der Waals surface area contributed by atoms with Crippen LogP contribution < -0.4 is 5.32 Å². The summed E-state index contributed by atoms with van der Waals surface area (Å²) in [6.07, 6.45) is 28.4. The Kier molecular flexibility index (Phi) is 15.2. The SMILES string of the molecule is CCCCC/C=C\C/C=C\CCCCCCCC(=O)NC1CCC(C)CC1. The van der Waals surface area contributed by atoms with Crippen LogP contribution in [0, 0.1) is 5.92 Å². The molecular weight excluding hydrogens is 330 g/mol. The number of nitrogens with one attached hydrogen (secondary N) is 1. The number of allylic oxidation sites excluding steroid dienone is 4. The molecule has 27 heavy (non-hydrogen) atoms. The maximum absolute atomic E-state index is 12.0. The number of carbonyl (C=O) groups is 1. The minimum atomic E-state index is 0.278. The van der Waals surface area contributed by atoms with Crippen LogP contribution in [0.1, 0.15) is 117 Å². The second kappa shape index (κ2) is 17.1. The fourth-order valence-electron chi connectivity index (χ4n) is 3.80. The molecule has 1 aliphatic rings. The maximum atomic E-state index is 12.0. The molecule has 0 spiro atoms. The van der Waals surface area contributed by atoms with Crippen LogP contribution in [-0.2, 0) is 4.79 Å². The first-order chi connectivity index (χ1) is 13.2. The van der Waals surface area contributed by atoms with Crippen LogP contribution in [0.2, 0.25) is 0 Å². The first kappa shape index (κ1) is 24.0. The van der Waals surface area contributed by atoms with E-state index in [0.29, 0.717) is 6.04 Å². The molecular formula is C25H45NO. The Balaban J connectivity index is 1.84. The summed E-state index contributed by atoms with van der Waals surface area (Å²) >= 11 is 0. The van der Waals surface area contributed by atoms with Crippen molar-refractivity contribution in [2.75, 3.05) is 0 Å². The van der Waals surface area contributed by atoms with Gasteiger partial charge in [0.1, 0.15) is 0 Å². The molecule has 0 heterocycles. The van der Waals surface area contributed by atoms with E-state index in [0.717, 1.165) is 25.2 Å². The van der Waals surface area contributed by atoms with Crippen molar-refractivity contribution in [2.45, 2.75) is 123 Å². The van der Waals surface area contributed by atoms with E-state index in [4.69, 9.17) is 0 Å². The highest BCUT2D eigenvalue weighted by Crippen LogP contribution is 2.23. The Morgan fingerprint density at radius 3 is 2.07 bits per heavy atom. The normalized spacial score (nSPS) is 20.5. The van der Waals surface area contributed by atoms with Gasteiger partial charge in [-0.1, -0.05) is 70.3 Å². The third-order valence-electron chi connectivity index (χ3n) is 5.74. The van der Waals surface area contributed by atoms with Gasteiger partial charge in [0.25, 0.3) is 0 Å². The van der Waals surface area contributed by atoms with Crippen LogP contribution in [0.5, 0.6) is 0 Å². The summed E-state index contributed by atoms with van der Waals surface area (Å²) in [6.45, 7) is 4.57. The number of unbranched alkanes of at least 4 members (excludes halogenated alkanes) is 8. The van der Waals surface area contributed by atoms with Crippen LogP contribution >= 0.6 is 0 Å². The number of amides is 1. The highest BCUT2D eigenvalue weighted by atomic mass is 16.1. The second-order valence-electron chi connectivity index (χ2n) is 8.51. The van der Waals surface area contributed by atoms with Crippen molar-refractivity contribution in [3.8, 4) is 0 Å². The predicted molar refractivity (Wildman–Crippen MR) is 119 cm³/mol. The minimum absolute atomic E-state index is 0.278. The minimum Gasteiger partial charge on any atom is -0.353 e. The van der Waals surface area contributed by atoms with E-state index >= 15 is 0 Å². The van der Waals surface area contributed by atoms with Gasteiger partial charge in [0.15, 0.2) is 0 Å². The molecule has 1 aliphatic carbocycles. The van der Waals surface area contributed by atoms with E-state index in [1.165, 1.54) is 83.5 Å². The zero-order valence-corrected chi connectivity index (χ0v) is 18.2. The van der Waals surface area contributed by atoms with Crippen molar-refractivity contribution in [2.24, 2.45) is 5.92 Å². The largest absolute Gasteiger partial charge is 0.353 e. The molecule has 0 unspecified atom stereocenters. The van der Waals surface area contributed by atoms with Crippen molar-refractivity contribution in [3.63, 3.8) is 0 Å². The Labute approximate surface area is 169 Å². The molecule has 0 aliphatic heterocycles. The lowest BCUT2D eigenvalue weighted by molar-refractivity contribution is -0.122. The fraction of sp³-hybridized carbons (Fsp3) is 0.800. The second-order valence-corrected chi connectivity index (χ2v) is 8.51. The molecule has 1 N–H and O–H groups in total. The van der Waals surface area contributed by atoms with Crippen molar-refractivity contribution in [1.82, 2.24) is 5.32 Å². The van der Waals surface area contributed by atoms with Crippen LogP contribution in [0.15, 0.2) is 24.3 Å². The van der Waals surface area contributed by atoms with Crippen LogP contribution in [-0.4, -0.2) is 11.9 Å². The zero-order valence-electron chi connectivity index (χ0n) is 18.2. The highest BCUT2D eigenvalue weighted by molar-refractivity contribution is 5.76. The number of hydrogen-bond donors (Lipinski definition) is 1. The van der Waals surface area contributed by atoms with Crippen LogP contribution in [0.4, 0.5) is 0 Å². The van der Waals surface area contributed by atoms with Crippen molar-refractivity contribution in [1.29, 1.82) is 0 Å². The lowest BCUT2D eigenvalue weighted by atomic mass is 9.87. The van der Waals surface area contributed by atoms with Crippen molar-refractivity contribution >= 4 is 5.91 Å². The van der Waals surface area contributed by atoms with Gasteiger partial charge in [-0.15, -0.1) is 0 Å². The first-order valence-electron chi connectivity index (χ1n) is 11.8. The monoisotopic (exact) mass is 375 g/mol. The third kappa shape index (κ3) is 14.7. The summed E-state index contributed by atoms with van der Waals surface area (Å²) in [4.78, 5) is 12.0. The zero-order chi connectivity index (χ0) is 19.6. The van der Waals surface area contributed by atoms with E-state index in [1.54, 1.807) is 0 Å². The smallest absolute Gasteiger partial charge is 0.220 e. The van der Waals surface area contributed by atoms with E-state index < -0.39 is 0 Å². The molecule has 0 aromatic rings. The Hall–Kier alpha value is -1.05. The summed E-state index contributed by atoms with van der Waals surface area (Å²) in [5.41, 5.74) is 0. The van der Waals surface area contributed by atoms with Gasteiger partial charge in [-0.05, 0) is 70.1 Å². The Bertz CT molecular complexity index is 405.